The number of carbonyl (C=O) groups excluding carboxylic acids is 4. The number of piperidine rings is 4. The predicted molar refractivity (Wildman–Crippen MR) is 267 cm³/mol. The molecule has 8 rings (SSSR count). The average Bonchev–Trinajstić information content (AvgIpc) is 3.41. The predicted octanol–water partition coefficient (Wildman–Crippen LogP) is 8.34. The molecule has 0 bridgehead atoms. The summed E-state index contributed by atoms with van der Waals surface area (Å²) in [5.74, 6) is -1.29. The van der Waals surface area contributed by atoms with Gasteiger partial charge in [0, 0.05) is 24.2 Å². The molecule has 0 radical (unpaired) electrons. The van der Waals surface area contributed by atoms with Gasteiger partial charge in [-0.3, -0.25) is 19.2 Å². The van der Waals surface area contributed by atoms with Crippen molar-refractivity contribution in [3.8, 4) is 0 Å². The molecule has 4 saturated heterocycles. The highest BCUT2D eigenvalue weighted by Gasteiger charge is 2.34. The van der Waals surface area contributed by atoms with E-state index >= 15 is 0 Å². The maximum atomic E-state index is 11.9. The second-order valence-electron chi connectivity index (χ2n) is 17.9. The topological polar surface area (TPSA) is 153 Å². The van der Waals surface area contributed by atoms with Crippen LogP contribution >= 0.6 is 0 Å². The smallest absolute Gasteiger partial charge is 0.314 e. The molecule has 0 spiro atoms. The van der Waals surface area contributed by atoms with Crippen molar-refractivity contribution in [2.75, 3.05) is 54.6 Å². The van der Waals surface area contributed by atoms with Crippen LogP contribution in [0.25, 0.3) is 0 Å². The highest BCUT2D eigenvalue weighted by Crippen LogP contribution is 2.30. The van der Waals surface area contributed by atoms with Crippen LogP contribution in [0.5, 0.6) is 0 Å². The fourth-order valence-corrected chi connectivity index (χ4v) is 9.93. The Morgan fingerprint density at radius 3 is 0.676 bits per heavy atom. The Balaban J connectivity index is 0.000000169. The van der Waals surface area contributed by atoms with E-state index in [0.29, 0.717) is 0 Å². The van der Waals surface area contributed by atoms with Gasteiger partial charge in [0.1, 0.15) is 0 Å². The van der Waals surface area contributed by atoms with Crippen molar-refractivity contribution < 1.29 is 38.1 Å². The number of rotatable bonds is 12. The van der Waals surface area contributed by atoms with Crippen molar-refractivity contribution in [3.63, 3.8) is 0 Å². The Labute approximate surface area is 405 Å². The van der Waals surface area contributed by atoms with Crippen molar-refractivity contribution >= 4 is 23.9 Å². The van der Waals surface area contributed by atoms with Gasteiger partial charge in [0.2, 0.25) is 0 Å². The zero-order valence-corrected chi connectivity index (χ0v) is 40.7. The lowest BCUT2D eigenvalue weighted by molar-refractivity contribution is -0.144. The largest absolute Gasteiger partial charge is 0.469 e. The number of nitrogens with one attached hydrogen (secondary N) is 4. The van der Waals surface area contributed by atoms with E-state index in [1.165, 1.54) is 79.8 Å². The van der Waals surface area contributed by atoms with Gasteiger partial charge in [-0.2, -0.15) is 0 Å². The SMILES string of the molecule is COC(=O)C(c1ccccc1)C1CCCCN1.COC(=O)C(c1ccccc1)C1CCCCN1.COC(=O)C(c1ccccc1)C1CCCCN1.COC(=O)C(c1ccccc1)C1CCCCN1. The first-order chi connectivity index (χ1) is 33.3. The average molecular weight is 933 g/mol. The molecule has 8 unspecified atom stereocenters. The molecular formula is C56H76N4O8. The second-order valence-corrected chi connectivity index (χ2v) is 17.9. The monoisotopic (exact) mass is 933 g/mol. The Kier molecular flexibility index (Phi) is 23.8. The molecule has 0 aromatic heterocycles. The normalized spacial score (nSPS) is 21.8. The third kappa shape index (κ3) is 16.4. The fourth-order valence-electron chi connectivity index (χ4n) is 9.93. The van der Waals surface area contributed by atoms with E-state index in [-0.39, 0.29) is 71.7 Å². The molecule has 0 amide bonds. The lowest BCUT2D eigenvalue weighted by Crippen LogP contribution is -2.42. The molecule has 0 aliphatic carbocycles. The number of methoxy groups -OCH3 is 4. The molecule has 4 aliphatic heterocycles. The summed E-state index contributed by atoms with van der Waals surface area (Å²) in [4.78, 5) is 47.8. The lowest BCUT2D eigenvalue weighted by atomic mass is 9.86. The number of benzene rings is 4. The summed E-state index contributed by atoms with van der Waals surface area (Å²) in [6.07, 6.45) is 13.6. The van der Waals surface area contributed by atoms with Gasteiger partial charge in [-0.25, -0.2) is 0 Å². The minimum atomic E-state index is -0.179. The van der Waals surface area contributed by atoms with Gasteiger partial charge >= 0.3 is 23.9 Å². The molecule has 0 saturated carbocycles. The van der Waals surface area contributed by atoms with E-state index in [9.17, 15) is 19.2 Å². The molecule has 68 heavy (non-hydrogen) atoms. The van der Waals surface area contributed by atoms with Crippen LogP contribution in [0, 0.1) is 0 Å². The molecular weight excluding hydrogens is 857 g/mol. The maximum absolute atomic E-state index is 11.9. The van der Waals surface area contributed by atoms with Crippen molar-refractivity contribution in [1.29, 1.82) is 0 Å². The number of carbonyl (C=O) groups is 4. The molecule has 4 heterocycles. The first kappa shape index (κ1) is 53.6. The third-order valence-electron chi connectivity index (χ3n) is 13.5. The maximum Gasteiger partial charge on any atom is 0.314 e. The van der Waals surface area contributed by atoms with Gasteiger partial charge in [-0.15, -0.1) is 0 Å². The highest BCUT2D eigenvalue weighted by atomic mass is 16.5. The van der Waals surface area contributed by atoms with Gasteiger partial charge in [0.25, 0.3) is 0 Å². The minimum Gasteiger partial charge on any atom is -0.469 e. The molecule has 12 heteroatoms. The molecule has 4 fully saturated rings. The quantitative estimate of drug-likeness (QED) is 0.0798. The zero-order valence-electron chi connectivity index (χ0n) is 40.7. The summed E-state index contributed by atoms with van der Waals surface area (Å²) in [5, 5.41) is 13.7. The van der Waals surface area contributed by atoms with Gasteiger partial charge in [0.15, 0.2) is 0 Å². The van der Waals surface area contributed by atoms with Crippen LogP contribution in [0.15, 0.2) is 121 Å². The van der Waals surface area contributed by atoms with Crippen LogP contribution < -0.4 is 21.3 Å². The van der Waals surface area contributed by atoms with Crippen LogP contribution in [-0.4, -0.2) is 103 Å². The molecule has 4 aromatic rings. The number of esters is 4. The van der Waals surface area contributed by atoms with Crippen LogP contribution in [0.1, 0.15) is 123 Å². The first-order valence-corrected chi connectivity index (χ1v) is 24.8. The van der Waals surface area contributed by atoms with E-state index < -0.39 is 0 Å². The Hall–Kier alpha value is -5.40. The van der Waals surface area contributed by atoms with Crippen molar-refractivity contribution in [2.45, 2.75) is 125 Å². The number of hydrogen-bond donors (Lipinski definition) is 4. The van der Waals surface area contributed by atoms with Gasteiger partial charge < -0.3 is 40.2 Å². The fraction of sp³-hybridized carbons (Fsp3) is 0.500. The van der Waals surface area contributed by atoms with Gasteiger partial charge in [0.05, 0.1) is 52.1 Å². The summed E-state index contributed by atoms with van der Waals surface area (Å²) in [6.45, 7) is 3.96. The summed E-state index contributed by atoms with van der Waals surface area (Å²) < 4.78 is 19.8. The number of ether oxygens (including phenoxy) is 4. The van der Waals surface area contributed by atoms with Crippen molar-refractivity contribution in [1.82, 2.24) is 21.3 Å². The Morgan fingerprint density at radius 1 is 0.338 bits per heavy atom. The standard InChI is InChI=1S/4C14H19NO2/c4*1-17-14(16)13(11-7-3-2-4-8-11)12-9-5-6-10-15-12/h4*2-4,7-8,12-13,15H,5-6,9-10H2,1H3. The van der Waals surface area contributed by atoms with E-state index in [1.807, 2.05) is 121 Å². The molecule has 4 N–H and O–H groups in total. The summed E-state index contributed by atoms with van der Waals surface area (Å²) in [6, 6.07) is 40.4. The summed E-state index contributed by atoms with van der Waals surface area (Å²) >= 11 is 0. The molecule has 4 aromatic carbocycles. The molecule has 4 aliphatic rings. The Bertz CT molecular complexity index is 1720. The lowest BCUT2D eigenvalue weighted by Gasteiger charge is -2.29. The Morgan fingerprint density at radius 2 is 0.529 bits per heavy atom. The van der Waals surface area contributed by atoms with Crippen LogP contribution in [0.2, 0.25) is 0 Å². The molecule has 368 valence electrons. The van der Waals surface area contributed by atoms with Crippen molar-refractivity contribution in [3.05, 3.63) is 144 Å². The van der Waals surface area contributed by atoms with Gasteiger partial charge in [-0.05, 0) is 99.8 Å². The zero-order chi connectivity index (χ0) is 48.4. The summed E-state index contributed by atoms with van der Waals surface area (Å²) in [7, 11) is 5.84. The molecule has 12 nitrogen and oxygen atoms in total. The number of hydrogen-bond acceptors (Lipinski definition) is 12. The van der Waals surface area contributed by atoms with Gasteiger partial charge in [-0.1, -0.05) is 147 Å². The van der Waals surface area contributed by atoms with Crippen LogP contribution in [0.4, 0.5) is 0 Å². The second kappa shape index (κ2) is 30.2. The van der Waals surface area contributed by atoms with Crippen molar-refractivity contribution in [2.24, 2.45) is 0 Å². The van der Waals surface area contributed by atoms with Crippen LogP contribution in [-0.2, 0) is 38.1 Å². The summed E-state index contributed by atoms with van der Waals surface area (Å²) in [5.41, 5.74) is 4.16. The van der Waals surface area contributed by atoms with E-state index in [4.69, 9.17) is 18.9 Å². The van der Waals surface area contributed by atoms with E-state index in [0.717, 1.165) is 74.1 Å². The highest BCUT2D eigenvalue weighted by molar-refractivity contribution is 5.80. The van der Waals surface area contributed by atoms with Crippen LogP contribution in [0.3, 0.4) is 0 Å². The first-order valence-electron chi connectivity index (χ1n) is 24.8. The van der Waals surface area contributed by atoms with E-state index in [1.54, 1.807) is 0 Å². The minimum absolute atomic E-state index is 0.143. The third-order valence-corrected chi connectivity index (χ3v) is 13.5. The molecule has 8 atom stereocenters. The van der Waals surface area contributed by atoms with E-state index in [2.05, 4.69) is 21.3 Å².